The highest BCUT2D eigenvalue weighted by Gasteiger charge is 2.11. The lowest BCUT2D eigenvalue weighted by atomic mass is 10.0. The van der Waals surface area contributed by atoms with E-state index in [4.69, 9.17) is 4.98 Å². The highest BCUT2D eigenvalue weighted by Crippen LogP contribution is 2.20. The van der Waals surface area contributed by atoms with E-state index in [1.165, 1.54) is 17.2 Å². The van der Waals surface area contributed by atoms with Gasteiger partial charge in [-0.05, 0) is 35.3 Å². The van der Waals surface area contributed by atoms with Crippen molar-refractivity contribution in [2.24, 2.45) is 0 Å². The minimum Gasteiger partial charge on any atom is -0.352 e. The van der Waals surface area contributed by atoms with Gasteiger partial charge in [0.25, 0.3) is 0 Å². The van der Waals surface area contributed by atoms with Crippen LogP contribution >= 0.6 is 0 Å². The first-order valence-corrected chi connectivity index (χ1v) is 9.01. The Balaban J connectivity index is 1.86. The fourth-order valence-corrected chi connectivity index (χ4v) is 3.05. The Morgan fingerprint density at radius 2 is 1.92 bits per heavy atom. The molecule has 2 aromatic carbocycles. The molecule has 1 amide bonds. The largest absolute Gasteiger partial charge is 0.352 e. The molecule has 3 rings (SSSR count). The number of nitrogens with zero attached hydrogens (tertiary/aromatic N) is 2. The van der Waals surface area contributed by atoms with Gasteiger partial charge in [-0.15, -0.1) is 0 Å². The molecule has 1 heterocycles. The quantitative estimate of drug-likeness (QED) is 0.655. The Labute approximate surface area is 154 Å². The number of aromatic nitrogens is 2. The molecule has 1 N–H and O–H groups in total. The molecule has 4 heteroatoms. The Morgan fingerprint density at radius 1 is 1.19 bits per heavy atom. The minimum absolute atomic E-state index is 0.156. The van der Waals surface area contributed by atoms with Gasteiger partial charge in [-0.3, -0.25) is 4.79 Å². The molecular formula is C22H25N3O. The second-order valence-corrected chi connectivity index (χ2v) is 6.74. The van der Waals surface area contributed by atoms with Crippen molar-refractivity contribution in [3.63, 3.8) is 0 Å². The van der Waals surface area contributed by atoms with Crippen molar-refractivity contribution in [1.29, 1.82) is 0 Å². The van der Waals surface area contributed by atoms with Crippen LogP contribution in [-0.4, -0.2) is 22.0 Å². The monoisotopic (exact) mass is 347 g/mol. The molecule has 134 valence electrons. The van der Waals surface area contributed by atoms with Crippen LogP contribution in [-0.2, 0) is 17.8 Å². The third-order valence-electron chi connectivity index (χ3n) is 4.55. The van der Waals surface area contributed by atoms with Crippen LogP contribution in [0, 0.1) is 0 Å². The third kappa shape index (κ3) is 4.02. The van der Waals surface area contributed by atoms with Crippen LogP contribution in [0.15, 0.2) is 61.2 Å². The summed E-state index contributed by atoms with van der Waals surface area (Å²) < 4.78 is 2.24. The van der Waals surface area contributed by atoms with Crippen LogP contribution in [0.5, 0.6) is 0 Å². The average molecular weight is 347 g/mol. The molecular weight excluding hydrogens is 322 g/mol. The molecule has 26 heavy (non-hydrogen) atoms. The zero-order valence-corrected chi connectivity index (χ0v) is 15.4. The molecule has 0 bridgehead atoms. The Bertz CT molecular complexity index is 907. The molecule has 0 saturated carbocycles. The number of carbonyl (C=O) groups excluding carboxylic acids is 1. The van der Waals surface area contributed by atoms with Crippen molar-refractivity contribution in [3.05, 3.63) is 78.1 Å². The number of carbonyl (C=O) groups is 1. The summed E-state index contributed by atoms with van der Waals surface area (Å²) >= 11 is 0. The fourth-order valence-electron chi connectivity index (χ4n) is 3.05. The summed E-state index contributed by atoms with van der Waals surface area (Å²) in [5.74, 6) is 1.35. The number of para-hydroxylation sites is 2. The van der Waals surface area contributed by atoms with Gasteiger partial charge < -0.3 is 9.88 Å². The smallest absolute Gasteiger partial charge is 0.243 e. The van der Waals surface area contributed by atoms with E-state index < -0.39 is 0 Å². The summed E-state index contributed by atoms with van der Waals surface area (Å²) in [5, 5.41) is 2.83. The molecule has 4 nitrogen and oxygen atoms in total. The van der Waals surface area contributed by atoms with E-state index in [0.29, 0.717) is 18.9 Å². The van der Waals surface area contributed by atoms with Gasteiger partial charge >= 0.3 is 0 Å². The zero-order chi connectivity index (χ0) is 18.5. The lowest BCUT2D eigenvalue weighted by Gasteiger charge is -2.11. The number of hydrogen-bond acceptors (Lipinski definition) is 2. The van der Waals surface area contributed by atoms with Crippen LogP contribution in [0.1, 0.15) is 36.7 Å². The van der Waals surface area contributed by atoms with E-state index >= 15 is 0 Å². The van der Waals surface area contributed by atoms with Crippen molar-refractivity contribution < 1.29 is 4.79 Å². The van der Waals surface area contributed by atoms with Crippen molar-refractivity contribution >= 4 is 16.9 Å². The van der Waals surface area contributed by atoms with Crippen molar-refractivity contribution in [2.45, 2.75) is 32.7 Å². The molecule has 0 spiro atoms. The SMILES string of the molecule is C=CC(=O)NCCc1nc2ccccc2n1Cc1ccc(C(C)C)cc1. The van der Waals surface area contributed by atoms with Crippen LogP contribution in [0.4, 0.5) is 0 Å². The van der Waals surface area contributed by atoms with Crippen molar-refractivity contribution in [1.82, 2.24) is 14.9 Å². The molecule has 0 aliphatic rings. The standard InChI is InChI=1S/C22H25N3O/c1-4-22(26)23-14-13-21-24-19-7-5-6-8-20(19)25(21)15-17-9-11-18(12-10-17)16(2)3/h4-12,16H,1,13-15H2,2-3H3,(H,23,26). The van der Waals surface area contributed by atoms with Gasteiger partial charge in [0.2, 0.25) is 5.91 Å². The maximum atomic E-state index is 11.4. The van der Waals surface area contributed by atoms with Crippen molar-refractivity contribution in [2.75, 3.05) is 6.54 Å². The van der Waals surface area contributed by atoms with Crippen LogP contribution < -0.4 is 5.32 Å². The molecule has 0 unspecified atom stereocenters. The van der Waals surface area contributed by atoms with E-state index in [-0.39, 0.29) is 5.91 Å². The van der Waals surface area contributed by atoms with E-state index in [9.17, 15) is 4.79 Å². The van der Waals surface area contributed by atoms with Crippen molar-refractivity contribution in [3.8, 4) is 0 Å². The highest BCUT2D eigenvalue weighted by molar-refractivity contribution is 5.86. The van der Waals surface area contributed by atoms with Gasteiger partial charge in [0.1, 0.15) is 5.82 Å². The van der Waals surface area contributed by atoms with Crippen LogP contribution in [0.25, 0.3) is 11.0 Å². The second kappa shape index (κ2) is 8.00. The van der Waals surface area contributed by atoms with Gasteiger partial charge in [0, 0.05) is 19.5 Å². The Kier molecular flexibility index (Phi) is 5.52. The van der Waals surface area contributed by atoms with Crippen LogP contribution in [0.3, 0.4) is 0 Å². The molecule has 0 radical (unpaired) electrons. The minimum atomic E-state index is -0.156. The number of amides is 1. The van der Waals surface area contributed by atoms with Gasteiger partial charge in [-0.1, -0.05) is 56.8 Å². The van der Waals surface area contributed by atoms with Gasteiger partial charge in [-0.2, -0.15) is 0 Å². The first-order valence-electron chi connectivity index (χ1n) is 9.01. The molecule has 0 saturated heterocycles. The lowest BCUT2D eigenvalue weighted by Crippen LogP contribution is -2.24. The number of nitrogens with one attached hydrogen (secondary N) is 1. The number of hydrogen-bond donors (Lipinski definition) is 1. The molecule has 0 aliphatic carbocycles. The summed E-state index contributed by atoms with van der Waals surface area (Å²) in [5.41, 5.74) is 4.69. The number of rotatable bonds is 7. The summed E-state index contributed by atoms with van der Waals surface area (Å²) in [7, 11) is 0. The average Bonchev–Trinajstić information content (AvgIpc) is 2.99. The number of imidazole rings is 1. The first kappa shape index (κ1) is 17.9. The van der Waals surface area contributed by atoms with Gasteiger partial charge in [0.15, 0.2) is 0 Å². The van der Waals surface area contributed by atoms with Gasteiger partial charge in [-0.25, -0.2) is 4.98 Å². The molecule has 0 aliphatic heterocycles. The molecule has 0 atom stereocenters. The lowest BCUT2D eigenvalue weighted by molar-refractivity contribution is -0.116. The third-order valence-corrected chi connectivity index (χ3v) is 4.55. The Hall–Kier alpha value is -2.88. The first-order chi connectivity index (χ1) is 12.6. The number of benzene rings is 2. The van der Waals surface area contributed by atoms with E-state index in [1.54, 1.807) is 0 Å². The van der Waals surface area contributed by atoms with E-state index in [1.807, 2.05) is 18.2 Å². The van der Waals surface area contributed by atoms with E-state index in [2.05, 4.69) is 60.6 Å². The highest BCUT2D eigenvalue weighted by atomic mass is 16.1. The van der Waals surface area contributed by atoms with E-state index in [0.717, 1.165) is 23.4 Å². The molecule has 1 aromatic heterocycles. The fraction of sp³-hybridized carbons (Fsp3) is 0.273. The normalized spacial score (nSPS) is 11.0. The summed E-state index contributed by atoms with van der Waals surface area (Å²) in [6.07, 6.45) is 1.97. The molecule has 3 aromatic rings. The summed E-state index contributed by atoms with van der Waals surface area (Å²) in [6, 6.07) is 16.9. The maximum Gasteiger partial charge on any atom is 0.243 e. The second-order valence-electron chi connectivity index (χ2n) is 6.74. The predicted molar refractivity (Wildman–Crippen MR) is 106 cm³/mol. The Morgan fingerprint density at radius 3 is 2.62 bits per heavy atom. The molecule has 0 fully saturated rings. The summed E-state index contributed by atoms with van der Waals surface area (Å²) in [6.45, 7) is 9.20. The predicted octanol–water partition coefficient (Wildman–Crippen LogP) is 4.05. The van der Waals surface area contributed by atoms with Gasteiger partial charge in [0.05, 0.1) is 11.0 Å². The van der Waals surface area contributed by atoms with Crippen LogP contribution in [0.2, 0.25) is 0 Å². The summed E-state index contributed by atoms with van der Waals surface area (Å²) in [4.78, 5) is 16.1. The zero-order valence-electron chi connectivity index (χ0n) is 15.4. The maximum absolute atomic E-state index is 11.4. The number of fused-ring (bicyclic) bond motifs is 1. The topological polar surface area (TPSA) is 46.9 Å².